The lowest BCUT2D eigenvalue weighted by molar-refractivity contribution is -0.118. The Morgan fingerprint density at radius 3 is 2.77 bits per heavy atom. The molecule has 13 heavy (non-hydrogen) atoms. The third-order valence-electron chi connectivity index (χ3n) is 2.59. The second-order valence-electron chi connectivity index (χ2n) is 4.66. The fourth-order valence-electron chi connectivity index (χ4n) is 2.00. The van der Waals surface area contributed by atoms with Crippen LogP contribution in [-0.2, 0) is 9.53 Å². The van der Waals surface area contributed by atoms with Gasteiger partial charge >= 0.3 is 0 Å². The Morgan fingerprint density at radius 1 is 1.38 bits per heavy atom. The van der Waals surface area contributed by atoms with E-state index in [0.717, 1.165) is 23.5 Å². The van der Waals surface area contributed by atoms with Gasteiger partial charge in [-0.2, -0.15) is 0 Å². The minimum atomic E-state index is 0.0561. The lowest BCUT2D eigenvalue weighted by atomic mass is 9.76. The van der Waals surface area contributed by atoms with E-state index in [-0.39, 0.29) is 11.2 Å². The number of hydrogen-bond donors (Lipinski definition) is 0. The molecule has 0 saturated heterocycles. The number of carbonyl (C=O) groups excluding carboxylic acids is 1. The van der Waals surface area contributed by atoms with Gasteiger partial charge in [-0.3, -0.25) is 4.79 Å². The van der Waals surface area contributed by atoms with E-state index in [1.165, 1.54) is 0 Å². The molecular weight excluding hydrogens is 164 g/mol. The monoisotopic (exact) mass is 178 g/mol. The third-order valence-corrected chi connectivity index (χ3v) is 2.59. The Labute approximate surface area is 78.3 Å². The van der Waals surface area contributed by atoms with Crippen molar-refractivity contribution in [2.24, 2.45) is 5.41 Å². The van der Waals surface area contributed by atoms with Crippen molar-refractivity contribution in [3.8, 4) is 0 Å². The molecule has 1 heterocycles. The van der Waals surface area contributed by atoms with Crippen LogP contribution < -0.4 is 0 Å². The van der Waals surface area contributed by atoms with Crippen molar-refractivity contribution in [2.75, 3.05) is 0 Å². The summed E-state index contributed by atoms with van der Waals surface area (Å²) in [5, 5.41) is 0. The summed E-state index contributed by atoms with van der Waals surface area (Å²) in [4.78, 5) is 11.7. The maximum atomic E-state index is 11.7. The molecule has 0 aromatic rings. The van der Waals surface area contributed by atoms with Gasteiger partial charge in [0.1, 0.15) is 11.5 Å². The van der Waals surface area contributed by atoms with E-state index < -0.39 is 0 Å². The lowest BCUT2D eigenvalue weighted by Crippen LogP contribution is -2.24. The average Bonchev–Trinajstić information content (AvgIpc) is 2.27. The number of allylic oxidation sites excluding steroid dienone is 2. The van der Waals surface area contributed by atoms with Gasteiger partial charge in [-0.25, -0.2) is 0 Å². The number of hydrogen-bond acceptors (Lipinski definition) is 2. The highest BCUT2D eigenvalue weighted by Crippen LogP contribution is 2.43. The summed E-state index contributed by atoms with van der Waals surface area (Å²) in [5.74, 6) is 1.83. The zero-order valence-corrected chi connectivity index (χ0v) is 8.14. The number of carbonyl (C=O) groups is 1. The third kappa shape index (κ3) is 1.41. The van der Waals surface area contributed by atoms with Crippen molar-refractivity contribution in [3.63, 3.8) is 0 Å². The first kappa shape index (κ1) is 8.54. The van der Waals surface area contributed by atoms with Crippen LogP contribution >= 0.6 is 0 Å². The van der Waals surface area contributed by atoms with E-state index in [4.69, 9.17) is 4.74 Å². The van der Waals surface area contributed by atoms with Gasteiger partial charge in [-0.15, -0.1) is 0 Å². The Hall–Kier alpha value is -1.05. The predicted octanol–water partition coefficient (Wildman–Crippen LogP) is 2.56. The van der Waals surface area contributed by atoms with Crippen molar-refractivity contribution < 1.29 is 9.53 Å². The SMILES string of the molecule is C=C1CC2=C(CC(C)(C)CC2=O)O1. The molecule has 0 atom stereocenters. The van der Waals surface area contributed by atoms with Crippen LogP contribution in [0.3, 0.4) is 0 Å². The number of ether oxygens (including phenoxy) is 1. The smallest absolute Gasteiger partial charge is 0.163 e. The topological polar surface area (TPSA) is 26.3 Å². The summed E-state index contributed by atoms with van der Waals surface area (Å²) >= 11 is 0. The van der Waals surface area contributed by atoms with Crippen LogP contribution in [0.25, 0.3) is 0 Å². The Balaban J connectivity index is 2.33. The second-order valence-corrected chi connectivity index (χ2v) is 4.66. The molecule has 2 rings (SSSR count). The summed E-state index contributed by atoms with van der Waals surface area (Å²) in [7, 11) is 0. The van der Waals surface area contributed by atoms with Gasteiger partial charge < -0.3 is 4.74 Å². The highest BCUT2D eigenvalue weighted by Gasteiger charge is 2.37. The van der Waals surface area contributed by atoms with Crippen molar-refractivity contribution in [1.82, 2.24) is 0 Å². The first-order valence-corrected chi connectivity index (χ1v) is 4.59. The van der Waals surface area contributed by atoms with Gasteiger partial charge in [0.05, 0.1) is 0 Å². The Morgan fingerprint density at radius 2 is 2.08 bits per heavy atom. The van der Waals surface area contributed by atoms with Gasteiger partial charge in [0.2, 0.25) is 0 Å². The van der Waals surface area contributed by atoms with Crippen LogP contribution in [0.15, 0.2) is 23.7 Å². The highest BCUT2D eigenvalue weighted by atomic mass is 16.5. The van der Waals surface area contributed by atoms with Crippen LogP contribution in [0, 0.1) is 5.41 Å². The van der Waals surface area contributed by atoms with E-state index in [2.05, 4.69) is 20.4 Å². The second kappa shape index (κ2) is 2.47. The minimum Gasteiger partial charge on any atom is -0.466 e. The quantitative estimate of drug-likeness (QED) is 0.569. The number of ketones is 1. The molecule has 0 spiro atoms. The first-order chi connectivity index (χ1) is 5.98. The summed E-state index contributed by atoms with van der Waals surface area (Å²) in [6.07, 6.45) is 2.14. The maximum absolute atomic E-state index is 11.7. The largest absolute Gasteiger partial charge is 0.466 e. The van der Waals surface area contributed by atoms with Crippen molar-refractivity contribution in [1.29, 1.82) is 0 Å². The molecule has 1 aliphatic heterocycles. The maximum Gasteiger partial charge on any atom is 0.163 e. The molecule has 1 aliphatic carbocycles. The van der Waals surface area contributed by atoms with E-state index >= 15 is 0 Å². The van der Waals surface area contributed by atoms with E-state index in [1.807, 2.05) is 0 Å². The molecule has 0 unspecified atom stereocenters. The van der Waals surface area contributed by atoms with Crippen molar-refractivity contribution in [3.05, 3.63) is 23.7 Å². The molecule has 2 aliphatic rings. The van der Waals surface area contributed by atoms with E-state index in [0.29, 0.717) is 12.8 Å². The standard InChI is InChI=1S/C11H14O2/c1-7-4-8-9(12)5-11(2,3)6-10(8)13-7/h1,4-6H2,2-3H3. The van der Waals surface area contributed by atoms with Gasteiger partial charge in [0, 0.05) is 24.8 Å². The fraction of sp³-hybridized carbons (Fsp3) is 0.545. The molecule has 0 N–H and O–H groups in total. The Bertz CT molecular complexity index is 321. The zero-order chi connectivity index (χ0) is 9.64. The molecule has 0 aromatic heterocycles. The van der Waals surface area contributed by atoms with Gasteiger partial charge in [0.15, 0.2) is 5.78 Å². The molecule has 2 heteroatoms. The van der Waals surface area contributed by atoms with Crippen LogP contribution in [0.2, 0.25) is 0 Å². The molecule has 0 radical (unpaired) electrons. The normalized spacial score (nSPS) is 26.0. The van der Waals surface area contributed by atoms with Gasteiger partial charge in [0.25, 0.3) is 0 Å². The van der Waals surface area contributed by atoms with Gasteiger partial charge in [-0.1, -0.05) is 20.4 Å². The zero-order valence-electron chi connectivity index (χ0n) is 8.14. The van der Waals surface area contributed by atoms with Crippen molar-refractivity contribution in [2.45, 2.75) is 33.1 Å². The summed E-state index contributed by atoms with van der Waals surface area (Å²) < 4.78 is 5.44. The van der Waals surface area contributed by atoms with Crippen molar-refractivity contribution >= 4 is 5.78 Å². The lowest BCUT2D eigenvalue weighted by Gasteiger charge is -2.28. The average molecular weight is 178 g/mol. The summed E-state index contributed by atoms with van der Waals surface area (Å²) in [5.41, 5.74) is 0.921. The molecular formula is C11H14O2. The summed E-state index contributed by atoms with van der Waals surface area (Å²) in [6, 6.07) is 0. The molecule has 70 valence electrons. The van der Waals surface area contributed by atoms with E-state index in [1.54, 1.807) is 0 Å². The summed E-state index contributed by atoms with van der Waals surface area (Å²) in [6.45, 7) is 7.94. The fourth-order valence-corrected chi connectivity index (χ4v) is 2.00. The number of rotatable bonds is 0. The van der Waals surface area contributed by atoms with Crippen LogP contribution in [0.1, 0.15) is 33.1 Å². The minimum absolute atomic E-state index is 0.0561. The molecule has 0 bridgehead atoms. The van der Waals surface area contributed by atoms with Crippen LogP contribution in [0.5, 0.6) is 0 Å². The van der Waals surface area contributed by atoms with Crippen LogP contribution in [0.4, 0.5) is 0 Å². The number of Topliss-reactive ketones (excluding diaryl/α,β-unsaturated/α-hetero) is 1. The molecule has 0 saturated carbocycles. The first-order valence-electron chi connectivity index (χ1n) is 4.59. The molecule has 0 amide bonds. The molecule has 0 fully saturated rings. The predicted molar refractivity (Wildman–Crippen MR) is 49.9 cm³/mol. The molecule has 2 nitrogen and oxygen atoms in total. The van der Waals surface area contributed by atoms with Crippen LogP contribution in [-0.4, -0.2) is 5.78 Å². The highest BCUT2D eigenvalue weighted by molar-refractivity contribution is 5.98. The Kier molecular flexibility index (Phi) is 1.62. The molecule has 0 aromatic carbocycles. The van der Waals surface area contributed by atoms with Gasteiger partial charge in [-0.05, 0) is 5.41 Å². The van der Waals surface area contributed by atoms with E-state index in [9.17, 15) is 4.79 Å².